The van der Waals surface area contributed by atoms with Crippen LogP contribution in [0.3, 0.4) is 0 Å². The largest absolute Gasteiger partial charge is 0.458 e. The Labute approximate surface area is 173 Å². The maximum Gasteiger partial charge on any atom is 0.306 e. The number of hydrogen-bond donors (Lipinski definition) is 1. The molecule has 1 saturated carbocycles. The lowest BCUT2D eigenvalue weighted by molar-refractivity contribution is -0.163. The van der Waals surface area contributed by atoms with E-state index in [9.17, 15) is 19.5 Å². The fraction of sp³-hybridized carbons (Fsp3) is 0.625. The number of carbonyl (C=O) groups is 3. The lowest BCUT2D eigenvalue weighted by Gasteiger charge is -2.58. The maximum absolute atomic E-state index is 12.4. The summed E-state index contributed by atoms with van der Waals surface area (Å²) in [6, 6.07) is 0. The van der Waals surface area contributed by atoms with Crippen molar-refractivity contribution in [2.75, 3.05) is 0 Å². The number of aldehydes is 2. The highest BCUT2D eigenvalue weighted by atomic mass is 16.5. The Balaban J connectivity index is 2.55. The molecule has 0 aromatic carbocycles. The first-order valence-electron chi connectivity index (χ1n) is 10.5. The highest BCUT2D eigenvalue weighted by Gasteiger charge is 2.62. The van der Waals surface area contributed by atoms with E-state index >= 15 is 0 Å². The highest BCUT2D eigenvalue weighted by molar-refractivity contribution is 5.86. The Morgan fingerprint density at radius 3 is 2.62 bits per heavy atom. The Kier molecular flexibility index (Phi) is 7.39. The van der Waals surface area contributed by atoms with Crippen LogP contribution in [0.25, 0.3) is 0 Å². The fourth-order valence-electron chi connectivity index (χ4n) is 5.11. The Morgan fingerprint density at radius 1 is 1.38 bits per heavy atom. The van der Waals surface area contributed by atoms with Crippen molar-refractivity contribution in [3.8, 4) is 0 Å². The summed E-state index contributed by atoms with van der Waals surface area (Å²) >= 11 is 0. The van der Waals surface area contributed by atoms with Gasteiger partial charge in [0.05, 0.1) is 11.5 Å². The smallest absolute Gasteiger partial charge is 0.306 e. The molecule has 0 amide bonds. The van der Waals surface area contributed by atoms with Crippen LogP contribution in [-0.4, -0.2) is 35.9 Å². The molecule has 0 saturated heterocycles. The number of rotatable bonds is 8. The second-order valence-corrected chi connectivity index (χ2v) is 8.87. The minimum atomic E-state index is -1.27. The molecule has 0 heterocycles. The summed E-state index contributed by atoms with van der Waals surface area (Å²) in [5.74, 6) is -0.529. The normalized spacial score (nSPS) is 37.1. The molecule has 0 aromatic rings. The molecule has 0 spiro atoms. The van der Waals surface area contributed by atoms with E-state index in [1.807, 2.05) is 13.8 Å². The van der Waals surface area contributed by atoms with Crippen molar-refractivity contribution in [2.45, 2.75) is 72.0 Å². The van der Waals surface area contributed by atoms with Crippen LogP contribution in [0.4, 0.5) is 0 Å². The van der Waals surface area contributed by atoms with Gasteiger partial charge in [0.25, 0.3) is 0 Å². The fourth-order valence-corrected chi connectivity index (χ4v) is 5.11. The minimum Gasteiger partial charge on any atom is -0.458 e. The van der Waals surface area contributed by atoms with Gasteiger partial charge in [-0.25, -0.2) is 0 Å². The van der Waals surface area contributed by atoms with Crippen molar-refractivity contribution in [3.63, 3.8) is 0 Å². The van der Waals surface area contributed by atoms with Gasteiger partial charge in [-0.15, -0.1) is 0 Å². The molecule has 5 nitrogen and oxygen atoms in total. The summed E-state index contributed by atoms with van der Waals surface area (Å²) in [5.41, 5.74) is -0.364. The molecule has 2 aliphatic rings. The van der Waals surface area contributed by atoms with E-state index in [2.05, 4.69) is 26.5 Å². The van der Waals surface area contributed by atoms with Crippen molar-refractivity contribution in [3.05, 3.63) is 36.0 Å². The zero-order valence-electron chi connectivity index (χ0n) is 18.0. The minimum absolute atomic E-state index is 0.113. The lowest BCUT2D eigenvalue weighted by Crippen LogP contribution is -2.60. The van der Waals surface area contributed by atoms with Gasteiger partial charge in [-0.1, -0.05) is 45.1 Å². The van der Waals surface area contributed by atoms with Gasteiger partial charge in [0.2, 0.25) is 0 Å². The number of aliphatic hydroxyl groups excluding tert-OH is 1. The molecule has 6 unspecified atom stereocenters. The zero-order chi connectivity index (χ0) is 21.8. The molecular weight excluding hydrogens is 368 g/mol. The van der Waals surface area contributed by atoms with Crippen LogP contribution in [0.15, 0.2) is 36.0 Å². The molecule has 0 aromatic heterocycles. The van der Waals surface area contributed by atoms with E-state index in [-0.39, 0.29) is 28.8 Å². The van der Waals surface area contributed by atoms with Crippen molar-refractivity contribution >= 4 is 18.5 Å². The van der Waals surface area contributed by atoms with E-state index in [1.54, 1.807) is 12.2 Å². The number of aliphatic hydroxyl groups is 1. The first kappa shape index (κ1) is 23.3. The summed E-state index contributed by atoms with van der Waals surface area (Å²) in [5, 5.41) is 11.0. The van der Waals surface area contributed by atoms with Crippen molar-refractivity contribution in [1.29, 1.82) is 0 Å². The van der Waals surface area contributed by atoms with Gasteiger partial charge in [-0.3, -0.25) is 9.59 Å². The molecule has 2 aliphatic carbocycles. The van der Waals surface area contributed by atoms with E-state index in [4.69, 9.17) is 4.74 Å². The predicted octanol–water partition coefficient (Wildman–Crippen LogP) is 3.96. The topological polar surface area (TPSA) is 80.7 Å². The van der Waals surface area contributed by atoms with E-state index in [0.29, 0.717) is 38.4 Å². The molecule has 5 heteroatoms. The molecular formula is C24H34O5. The Hall–Kier alpha value is -2.01. The summed E-state index contributed by atoms with van der Waals surface area (Å²) in [6.07, 6.45) is 7.82. The molecule has 0 aliphatic heterocycles. The van der Waals surface area contributed by atoms with Gasteiger partial charge < -0.3 is 14.6 Å². The molecule has 29 heavy (non-hydrogen) atoms. The number of hydrogen-bond acceptors (Lipinski definition) is 5. The van der Waals surface area contributed by atoms with Crippen LogP contribution in [0.5, 0.6) is 0 Å². The van der Waals surface area contributed by atoms with Gasteiger partial charge in [0.15, 0.2) is 0 Å². The van der Waals surface area contributed by atoms with Gasteiger partial charge in [-0.05, 0) is 55.9 Å². The SMILES string of the molecule is C=CC(C)=CCC1(C)C(C)CC(O)C2(C=O)C(C=O)=CC(OC(=O)CCC)CC12. The Morgan fingerprint density at radius 2 is 2.07 bits per heavy atom. The second-order valence-electron chi connectivity index (χ2n) is 8.87. The van der Waals surface area contributed by atoms with E-state index < -0.39 is 17.6 Å². The monoisotopic (exact) mass is 402 g/mol. The van der Waals surface area contributed by atoms with Crippen LogP contribution in [-0.2, 0) is 19.1 Å². The quantitative estimate of drug-likeness (QED) is 0.378. The van der Waals surface area contributed by atoms with Crippen LogP contribution in [0.2, 0.25) is 0 Å². The predicted molar refractivity (Wildman–Crippen MR) is 112 cm³/mol. The van der Waals surface area contributed by atoms with Crippen LogP contribution in [0.1, 0.15) is 59.8 Å². The first-order valence-corrected chi connectivity index (χ1v) is 10.5. The number of carbonyl (C=O) groups excluding carboxylic acids is 3. The van der Waals surface area contributed by atoms with Crippen LogP contribution in [0, 0.1) is 22.7 Å². The number of fused-ring (bicyclic) bond motifs is 1. The average molecular weight is 403 g/mol. The standard InChI is InChI=1S/C24H34O5/c1-6-8-22(28)29-19-12-18(14-25)24(15-26)20(13-19)23(5,10-9-16(3)7-2)17(4)11-21(24)27/h7,9,12,14-15,17,19-21,27H,2,6,8,10-11,13H2,1,3-5H3. The molecule has 1 N–H and O–H groups in total. The van der Waals surface area contributed by atoms with Crippen molar-refractivity contribution in [2.24, 2.45) is 22.7 Å². The van der Waals surface area contributed by atoms with E-state index in [0.717, 1.165) is 11.9 Å². The van der Waals surface area contributed by atoms with Gasteiger partial charge >= 0.3 is 5.97 Å². The number of allylic oxidation sites excluding steroid dienone is 3. The van der Waals surface area contributed by atoms with Crippen LogP contribution >= 0.6 is 0 Å². The average Bonchev–Trinajstić information content (AvgIpc) is 2.70. The van der Waals surface area contributed by atoms with Gasteiger partial charge in [0, 0.05) is 12.0 Å². The summed E-state index contributed by atoms with van der Waals surface area (Å²) in [7, 11) is 0. The van der Waals surface area contributed by atoms with Crippen molar-refractivity contribution < 1.29 is 24.2 Å². The third-order valence-corrected chi connectivity index (χ3v) is 7.20. The maximum atomic E-state index is 12.4. The highest BCUT2D eigenvalue weighted by Crippen LogP contribution is 2.61. The zero-order valence-corrected chi connectivity index (χ0v) is 18.0. The third kappa shape index (κ3) is 4.16. The molecule has 160 valence electrons. The summed E-state index contributed by atoms with van der Waals surface area (Å²) in [6.45, 7) is 11.9. The molecule has 1 fully saturated rings. The van der Waals surface area contributed by atoms with Gasteiger partial charge in [-0.2, -0.15) is 0 Å². The second kappa shape index (κ2) is 9.21. The third-order valence-electron chi connectivity index (χ3n) is 7.20. The summed E-state index contributed by atoms with van der Waals surface area (Å²) in [4.78, 5) is 36.5. The van der Waals surface area contributed by atoms with Crippen LogP contribution < -0.4 is 0 Å². The number of esters is 1. The first-order chi connectivity index (χ1) is 13.7. The van der Waals surface area contributed by atoms with Gasteiger partial charge in [0.1, 0.15) is 18.7 Å². The lowest BCUT2D eigenvalue weighted by atomic mass is 9.45. The number of ether oxygens (including phenoxy) is 1. The summed E-state index contributed by atoms with van der Waals surface area (Å²) < 4.78 is 5.61. The Bertz CT molecular complexity index is 721. The molecule has 0 bridgehead atoms. The van der Waals surface area contributed by atoms with E-state index in [1.165, 1.54) is 0 Å². The molecule has 0 radical (unpaired) electrons. The molecule has 2 rings (SSSR count). The van der Waals surface area contributed by atoms with Crippen molar-refractivity contribution in [1.82, 2.24) is 0 Å². The molecule has 6 atom stereocenters.